The Kier molecular flexibility index (Phi) is 3.96. The van der Waals surface area contributed by atoms with Gasteiger partial charge >= 0.3 is 17.8 Å². The van der Waals surface area contributed by atoms with Gasteiger partial charge in [0.25, 0.3) is 0 Å². The molecular weight excluding hydrogens is 325 g/mol. The maximum absolute atomic E-state index is 12.6. The van der Waals surface area contributed by atoms with Gasteiger partial charge in [0, 0.05) is 23.7 Å². The van der Waals surface area contributed by atoms with E-state index in [0.29, 0.717) is 6.42 Å². The Bertz CT molecular complexity index is 951. The van der Waals surface area contributed by atoms with Crippen molar-refractivity contribution in [2.45, 2.75) is 19.5 Å². The van der Waals surface area contributed by atoms with Crippen molar-refractivity contribution in [1.82, 2.24) is 9.97 Å². The average molecular weight is 336 g/mol. The van der Waals surface area contributed by atoms with Crippen LogP contribution in [0.15, 0.2) is 45.7 Å². The largest absolute Gasteiger partial charge is 0.433 e. The lowest BCUT2D eigenvalue weighted by atomic mass is 10.1. The third-order valence-corrected chi connectivity index (χ3v) is 3.32. The highest BCUT2D eigenvalue weighted by molar-refractivity contribution is 5.81. The van der Waals surface area contributed by atoms with Crippen molar-refractivity contribution in [2.75, 3.05) is 0 Å². The maximum Gasteiger partial charge on any atom is 0.433 e. The molecule has 5 nitrogen and oxygen atoms in total. The van der Waals surface area contributed by atoms with Crippen LogP contribution in [0.1, 0.15) is 18.2 Å². The third kappa shape index (κ3) is 3.22. The molecule has 0 saturated heterocycles. The van der Waals surface area contributed by atoms with E-state index in [0.717, 1.165) is 23.2 Å². The second-order valence-corrected chi connectivity index (χ2v) is 4.93. The molecule has 124 valence electrons. The first-order chi connectivity index (χ1) is 11.4. The summed E-state index contributed by atoms with van der Waals surface area (Å²) in [5.74, 6) is 0.165. The number of aryl methyl sites for hydroxylation is 1. The Morgan fingerprint density at radius 2 is 2.00 bits per heavy atom. The van der Waals surface area contributed by atoms with Crippen molar-refractivity contribution in [3.63, 3.8) is 0 Å². The molecule has 3 rings (SSSR count). The van der Waals surface area contributed by atoms with Gasteiger partial charge < -0.3 is 9.15 Å². The van der Waals surface area contributed by atoms with Crippen LogP contribution in [0.5, 0.6) is 11.8 Å². The Balaban J connectivity index is 1.98. The third-order valence-electron chi connectivity index (χ3n) is 3.32. The molecule has 2 aromatic heterocycles. The summed E-state index contributed by atoms with van der Waals surface area (Å²) in [5.41, 5.74) is -0.521. The van der Waals surface area contributed by atoms with Crippen LogP contribution in [0.25, 0.3) is 11.0 Å². The van der Waals surface area contributed by atoms with Gasteiger partial charge in [-0.05, 0) is 30.2 Å². The minimum Gasteiger partial charge on any atom is -0.424 e. The molecule has 3 aromatic rings. The van der Waals surface area contributed by atoms with Crippen molar-refractivity contribution in [3.05, 3.63) is 58.2 Å². The fraction of sp³-hybridized carbons (Fsp3) is 0.188. The Morgan fingerprint density at radius 1 is 1.21 bits per heavy atom. The fourth-order valence-electron chi connectivity index (χ4n) is 2.22. The molecule has 1 aromatic carbocycles. The van der Waals surface area contributed by atoms with E-state index >= 15 is 0 Å². The Hall–Kier alpha value is -2.90. The van der Waals surface area contributed by atoms with Crippen molar-refractivity contribution in [3.8, 4) is 11.8 Å². The first kappa shape index (κ1) is 16.0. The molecule has 2 heterocycles. The normalized spacial score (nSPS) is 11.7. The molecule has 0 amide bonds. The zero-order valence-corrected chi connectivity index (χ0v) is 12.4. The summed E-state index contributed by atoms with van der Waals surface area (Å²) in [6.07, 6.45) is -2.99. The molecule has 0 N–H and O–H groups in total. The zero-order chi connectivity index (χ0) is 17.3. The molecule has 0 radical (unpaired) electrons. The van der Waals surface area contributed by atoms with E-state index < -0.39 is 23.5 Å². The van der Waals surface area contributed by atoms with E-state index in [1.54, 1.807) is 12.1 Å². The van der Waals surface area contributed by atoms with E-state index in [2.05, 4.69) is 9.97 Å². The number of ether oxygens (including phenoxy) is 1. The van der Waals surface area contributed by atoms with Gasteiger partial charge in [0.1, 0.15) is 11.3 Å². The van der Waals surface area contributed by atoms with Gasteiger partial charge in [0.05, 0.1) is 0 Å². The van der Waals surface area contributed by atoms with Crippen LogP contribution >= 0.6 is 0 Å². The first-order valence-corrected chi connectivity index (χ1v) is 7.01. The first-order valence-electron chi connectivity index (χ1n) is 7.01. The van der Waals surface area contributed by atoms with Gasteiger partial charge in [-0.25, -0.2) is 9.78 Å². The maximum atomic E-state index is 12.6. The van der Waals surface area contributed by atoms with Gasteiger partial charge in [-0.15, -0.1) is 0 Å². The number of aromatic nitrogens is 2. The van der Waals surface area contributed by atoms with Crippen LogP contribution in [0.3, 0.4) is 0 Å². The molecule has 0 saturated carbocycles. The number of fused-ring (bicyclic) bond motifs is 1. The molecule has 0 unspecified atom stereocenters. The van der Waals surface area contributed by atoms with Crippen LogP contribution in [-0.2, 0) is 12.6 Å². The number of nitrogens with zero attached hydrogens (tertiary/aromatic N) is 2. The van der Waals surface area contributed by atoms with Crippen molar-refractivity contribution in [1.29, 1.82) is 0 Å². The summed E-state index contributed by atoms with van der Waals surface area (Å²) in [5, 5.41) is 0.731. The van der Waals surface area contributed by atoms with E-state index in [4.69, 9.17) is 9.15 Å². The number of hydrogen-bond donors (Lipinski definition) is 0. The molecule has 0 fully saturated rings. The molecule has 0 bridgehead atoms. The summed E-state index contributed by atoms with van der Waals surface area (Å²) >= 11 is 0. The minimum atomic E-state index is -4.59. The Labute approximate surface area is 133 Å². The number of halogens is 3. The van der Waals surface area contributed by atoms with Crippen LogP contribution in [-0.4, -0.2) is 9.97 Å². The zero-order valence-electron chi connectivity index (χ0n) is 12.4. The van der Waals surface area contributed by atoms with Gasteiger partial charge in [-0.2, -0.15) is 18.2 Å². The monoisotopic (exact) mass is 336 g/mol. The van der Waals surface area contributed by atoms with E-state index in [1.165, 1.54) is 12.1 Å². The smallest absolute Gasteiger partial charge is 0.424 e. The predicted molar refractivity (Wildman–Crippen MR) is 79.0 cm³/mol. The summed E-state index contributed by atoms with van der Waals surface area (Å²) in [6.45, 7) is 1.90. The number of hydrogen-bond acceptors (Lipinski definition) is 5. The summed E-state index contributed by atoms with van der Waals surface area (Å²) < 4.78 is 48.3. The summed E-state index contributed by atoms with van der Waals surface area (Å²) in [7, 11) is 0. The molecular formula is C16H11F3N2O3. The summed E-state index contributed by atoms with van der Waals surface area (Å²) in [4.78, 5) is 18.5. The molecule has 0 aliphatic carbocycles. The van der Waals surface area contributed by atoms with Crippen molar-refractivity contribution in [2.24, 2.45) is 0 Å². The molecule has 24 heavy (non-hydrogen) atoms. The van der Waals surface area contributed by atoms with Gasteiger partial charge in [-0.1, -0.05) is 6.92 Å². The highest BCUT2D eigenvalue weighted by atomic mass is 19.4. The van der Waals surface area contributed by atoms with Crippen LogP contribution in [0, 0.1) is 0 Å². The minimum absolute atomic E-state index is 0.165. The van der Waals surface area contributed by atoms with Crippen LogP contribution in [0.4, 0.5) is 13.2 Å². The molecule has 0 aliphatic rings. The molecule has 0 aliphatic heterocycles. The SMILES string of the molecule is CCc1cc(=O)oc2cc(Oc3nccc(C(F)(F)F)n3)ccc12. The molecule has 8 heteroatoms. The van der Waals surface area contributed by atoms with Crippen molar-refractivity contribution < 1.29 is 22.3 Å². The highest BCUT2D eigenvalue weighted by Gasteiger charge is 2.33. The standard InChI is InChI=1S/C16H11F3N2O3/c1-2-9-7-14(22)24-12-8-10(3-4-11(9)12)23-15-20-6-5-13(21-15)16(17,18)19/h3-8H,2H2,1H3. The second kappa shape index (κ2) is 5.95. The second-order valence-electron chi connectivity index (χ2n) is 4.93. The van der Waals surface area contributed by atoms with Gasteiger partial charge in [-0.3, -0.25) is 0 Å². The number of benzene rings is 1. The molecule has 0 spiro atoms. The Morgan fingerprint density at radius 3 is 2.71 bits per heavy atom. The summed E-state index contributed by atoms with van der Waals surface area (Å²) in [6, 6.07) is 6.33. The fourth-order valence-corrected chi connectivity index (χ4v) is 2.22. The quantitative estimate of drug-likeness (QED) is 0.678. The lowest BCUT2D eigenvalue weighted by molar-refractivity contribution is -0.141. The topological polar surface area (TPSA) is 65.2 Å². The van der Waals surface area contributed by atoms with E-state index in [9.17, 15) is 18.0 Å². The molecule has 0 atom stereocenters. The highest BCUT2D eigenvalue weighted by Crippen LogP contribution is 2.30. The number of alkyl halides is 3. The van der Waals surface area contributed by atoms with Gasteiger partial charge in [0.15, 0.2) is 5.69 Å². The number of rotatable bonds is 3. The van der Waals surface area contributed by atoms with Gasteiger partial charge in [0.2, 0.25) is 0 Å². The van der Waals surface area contributed by atoms with Crippen LogP contribution in [0.2, 0.25) is 0 Å². The lowest BCUT2D eigenvalue weighted by Gasteiger charge is -2.08. The van der Waals surface area contributed by atoms with E-state index in [-0.39, 0.29) is 11.3 Å². The van der Waals surface area contributed by atoms with E-state index in [1.807, 2.05) is 6.92 Å². The average Bonchev–Trinajstić information content (AvgIpc) is 2.53. The van der Waals surface area contributed by atoms with Crippen LogP contribution < -0.4 is 10.4 Å². The van der Waals surface area contributed by atoms with Crippen molar-refractivity contribution >= 4 is 11.0 Å². The predicted octanol–water partition coefficient (Wildman–Crippen LogP) is 3.96. The lowest BCUT2D eigenvalue weighted by Crippen LogP contribution is -2.08.